The van der Waals surface area contributed by atoms with Gasteiger partial charge in [-0.1, -0.05) is 0 Å². The minimum atomic E-state index is 0.223. The Bertz CT molecular complexity index is 831. The molecule has 1 aliphatic rings. The average molecular weight is 309 g/mol. The lowest BCUT2D eigenvalue weighted by atomic mass is 10.2. The molecular weight excluding hydrogens is 294 g/mol. The van der Waals surface area contributed by atoms with Crippen LogP contribution in [0.4, 0.5) is 11.8 Å². The molecule has 1 aliphatic heterocycles. The number of anilines is 2. The number of nitrogen functional groups attached to an aromatic ring is 1. The Morgan fingerprint density at radius 3 is 2.61 bits per heavy atom. The van der Waals surface area contributed by atoms with Gasteiger partial charge in [-0.2, -0.15) is 0 Å². The quantitative estimate of drug-likeness (QED) is 0.745. The first-order chi connectivity index (χ1) is 11.3. The highest BCUT2D eigenvalue weighted by atomic mass is 16.5. The van der Waals surface area contributed by atoms with Gasteiger partial charge in [0.25, 0.3) is 0 Å². The molecule has 0 saturated carbocycles. The van der Waals surface area contributed by atoms with Crippen molar-refractivity contribution in [1.29, 1.82) is 0 Å². The number of hydrogen-bond acceptors (Lipinski definition) is 8. The maximum absolute atomic E-state index is 5.54. The van der Waals surface area contributed by atoms with Crippen LogP contribution in [-0.2, 0) is 4.74 Å². The number of nitrogens with two attached hydrogens (primary N) is 1. The Morgan fingerprint density at radius 2 is 1.83 bits per heavy atom. The van der Waals surface area contributed by atoms with Gasteiger partial charge in [-0.15, -0.1) is 0 Å². The topological polar surface area (TPSA) is 103 Å². The second-order valence-corrected chi connectivity index (χ2v) is 5.17. The molecule has 0 bridgehead atoms. The van der Waals surface area contributed by atoms with Crippen molar-refractivity contribution in [3.8, 4) is 11.4 Å². The summed E-state index contributed by atoms with van der Waals surface area (Å²) < 4.78 is 5.43. The minimum absolute atomic E-state index is 0.223. The lowest BCUT2D eigenvalue weighted by molar-refractivity contribution is 0.122. The molecule has 0 atom stereocenters. The molecule has 4 rings (SSSR count). The number of morpholine rings is 1. The SMILES string of the molecule is Nc1ncc(-c2nc(N3CCOCC3)c3cccnc3n2)cn1. The van der Waals surface area contributed by atoms with Crippen LogP contribution in [0.1, 0.15) is 0 Å². The maximum atomic E-state index is 5.54. The smallest absolute Gasteiger partial charge is 0.219 e. The first kappa shape index (κ1) is 13.8. The van der Waals surface area contributed by atoms with Crippen LogP contribution in [0.3, 0.4) is 0 Å². The van der Waals surface area contributed by atoms with Crippen molar-refractivity contribution in [2.75, 3.05) is 36.9 Å². The van der Waals surface area contributed by atoms with Gasteiger partial charge in [0, 0.05) is 31.7 Å². The zero-order chi connectivity index (χ0) is 15.6. The standard InChI is InChI=1S/C15H15N7O/c16-15-18-8-10(9-19-15)12-20-13-11(2-1-3-17-13)14(21-12)22-4-6-23-7-5-22/h1-3,8-9H,4-7H2,(H2,16,18,19). The number of rotatable bonds is 2. The monoisotopic (exact) mass is 309 g/mol. The Balaban J connectivity index is 1.87. The fourth-order valence-electron chi connectivity index (χ4n) is 2.55. The highest BCUT2D eigenvalue weighted by Gasteiger charge is 2.18. The summed E-state index contributed by atoms with van der Waals surface area (Å²) in [5.74, 6) is 1.62. The van der Waals surface area contributed by atoms with Crippen LogP contribution >= 0.6 is 0 Å². The molecule has 23 heavy (non-hydrogen) atoms. The predicted octanol–water partition coefficient (Wildman–Crippen LogP) is 0.901. The largest absolute Gasteiger partial charge is 0.378 e. The van der Waals surface area contributed by atoms with E-state index in [-0.39, 0.29) is 5.95 Å². The molecule has 3 aromatic rings. The summed E-state index contributed by atoms with van der Waals surface area (Å²) in [6.07, 6.45) is 4.97. The molecule has 116 valence electrons. The van der Waals surface area contributed by atoms with E-state index in [4.69, 9.17) is 15.5 Å². The number of fused-ring (bicyclic) bond motifs is 1. The highest BCUT2D eigenvalue weighted by Crippen LogP contribution is 2.26. The van der Waals surface area contributed by atoms with Crippen molar-refractivity contribution in [1.82, 2.24) is 24.9 Å². The third kappa shape index (κ3) is 2.64. The van der Waals surface area contributed by atoms with Crippen LogP contribution in [0.25, 0.3) is 22.4 Å². The number of aromatic nitrogens is 5. The van der Waals surface area contributed by atoms with Crippen molar-refractivity contribution in [2.45, 2.75) is 0 Å². The van der Waals surface area contributed by atoms with Crippen molar-refractivity contribution in [3.63, 3.8) is 0 Å². The third-order valence-corrected chi connectivity index (χ3v) is 3.69. The van der Waals surface area contributed by atoms with E-state index < -0.39 is 0 Å². The van der Waals surface area contributed by atoms with Crippen LogP contribution < -0.4 is 10.6 Å². The van der Waals surface area contributed by atoms with Gasteiger partial charge in [-0.05, 0) is 12.1 Å². The zero-order valence-corrected chi connectivity index (χ0v) is 12.4. The molecule has 8 heteroatoms. The molecule has 0 spiro atoms. The Labute approximate surface area is 132 Å². The van der Waals surface area contributed by atoms with E-state index in [1.807, 2.05) is 12.1 Å². The number of pyridine rings is 1. The minimum Gasteiger partial charge on any atom is -0.378 e. The van der Waals surface area contributed by atoms with Gasteiger partial charge < -0.3 is 15.4 Å². The van der Waals surface area contributed by atoms with Crippen LogP contribution in [0.15, 0.2) is 30.7 Å². The highest BCUT2D eigenvalue weighted by molar-refractivity contribution is 5.88. The average Bonchev–Trinajstić information content (AvgIpc) is 2.62. The van der Waals surface area contributed by atoms with Gasteiger partial charge in [0.15, 0.2) is 11.5 Å². The summed E-state index contributed by atoms with van der Waals surface area (Å²) in [5, 5.41) is 0.925. The van der Waals surface area contributed by atoms with Crippen molar-refractivity contribution >= 4 is 22.8 Å². The number of ether oxygens (including phenoxy) is 1. The summed E-state index contributed by atoms with van der Waals surface area (Å²) in [6.45, 7) is 2.95. The molecule has 4 heterocycles. The molecule has 0 aromatic carbocycles. The summed E-state index contributed by atoms with van der Waals surface area (Å²) in [6, 6.07) is 3.87. The van der Waals surface area contributed by atoms with E-state index in [1.165, 1.54) is 0 Å². The molecule has 8 nitrogen and oxygen atoms in total. The molecule has 0 aliphatic carbocycles. The van der Waals surface area contributed by atoms with Crippen molar-refractivity contribution in [2.24, 2.45) is 0 Å². The van der Waals surface area contributed by atoms with Gasteiger partial charge in [0.05, 0.1) is 24.2 Å². The number of nitrogens with zero attached hydrogens (tertiary/aromatic N) is 6. The van der Waals surface area contributed by atoms with Gasteiger partial charge in [0.1, 0.15) is 5.82 Å². The van der Waals surface area contributed by atoms with Crippen LogP contribution in [0.5, 0.6) is 0 Å². The Hall–Kier alpha value is -2.87. The lowest BCUT2D eigenvalue weighted by Gasteiger charge is -2.28. The Kier molecular flexibility index (Phi) is 3.43. The lowest BCUT2D eigenvalue weighted by Crippen LogP contribution is -2.37. The molecule has 0 unspecified atom stereocenters. The summed E-state index contributed by atoms with van der Waals surface area (Å²) in [4.78, 5) is 23.8. The van der Waals surface area contributed by atoms with E-state index in [0.29, 0.717) is 30.2 Å². The second-order valence-electron chi connectivity index (χ2n) is 5.17. The molecule has 2 N–H and O–H groups in total. The van der Waals surface area contributed by atoms with Gasteiger partial charge >= 0.3 is 0 Å². The van der Waals surface area contributed by atoms with E-state index >= 15 is 0 Å². The predicted molar refractivity (Wildman–Crippen MR) is 85.8 cm³/mol. The molecule has 0 radical (unpaired) electrons. The van der Waals surface area contributed by atoms with E-state index in [1.54, 1.807) is 18.6 Å². The molecule has 0 amide bonds. The second kappa shape index (κ2) is 5.73. The van der Waals surface area contributed by atoms with Crippen LogP contribution in [0, 0.1) is 0 Å². The normalized spacial score (nSPS) is 15.0. The van der Waals surface area contributed by atoms with Gasteiger partial charge in [-0.3, -0.25) is 0 Å². The fraction of sp³-hybridized carbons (Fsp3) is 0.267. The number of hydrogen-bond donors (Lipinski definition) is 1. The summed E-state index contributed by atoms with van der Waals surface area (Å²) in [7, 11) is 0. The van der Waals surface area contributed by atoms with E-state index in [0.717, 1.165) is 24.3 Å². The van der Waals surface area contributed by atoms with Crippen molar-refractivity contribution < 1.29 is 4.74 Å². The van der Waals surface area contributed by atoms with Gasteiger partial charge in [0.2, 0.25) is 5.95 Å². The first-order valence-electron chi connectivity index (χ1n) is 7.34. The summed E-state index contributed by atoms with van der Waals surface area (Å²) >= 11 is 0. The molecule has 3 aromatic heterocycles. The van der Waals surface area contributed by atoms with Crippen LogP contribution in [-0.4, -0.2) is 51.2 Å². The fourth-order valence-corrected chi connectivity index (χ4v) is 2.55. The first-order valence-corrected chi connectivity index (χ1v) is 7.34. The molecular formula is C15H15N7O. The summed E-state index contributed by atoms with van der Waals surface area (Å²) in [5.41, 5.74) is 6.90. The maximum Gasteiger partial charge on any atom is 0.219 e. The Morgan fingerprint density at radius 1 is 1.04 bits per heavy atom. The molecule has 1 saturated heterocycles. The third-order valence-electron chi connectivity index (χ3n) is 3.69. The van der Waals surface area contributed by atoms with Crippen molar-refractivity contribution in [3.05, 3.63) is 30.7 Å². The van der Waals surface area contributed by atoms with Crippen LogP contribution in [0.2, 0.25) is 0 Å². The van der Waals surface area contributed by atoms with E-state index in [9.17, 15) is 0 Å². The van der Waals surface area contributed by atoms with E-state index in [2.05, 4.69) is 24.8 Å². The van der Waals surface area contributed by atoms with Gasteiger partial charge in [-0.25, -0.2) is 24.9 Å². The zero-order valence-electron chi connectivity index (χ0n) is 12.4. The molecule has 1 fully saturated rings.